The zero-order valence-electron chi connectivity index (χ0n) is 19.3. The molecule has 1 aliphatic carbocycles. The van der Waals surface area contributed by atoms with Crippen LogP contribution in [0.4, 0.5) is 0 Å². The summed E-state index contributed by atoms with van der Waals surface area (Å²) in [4.78, 5) is 25.8. The van der Waals surface area contributed by atoms with Crippen molar-refractivity contribution in [1.29, 1.82) is 0 Å². The number of ether oxygens (including phenoxy) is 1. The fourth-order valence-electron chi connectivity index (χ4n) is 5.00. The van der Waals surface area contributed by atoms with Gasteiger partial charge >= 0.3 is 0 Å². The average Bonchev–Trinajstić information content (AvgIpc) is 2.74. The molecular formula is C27H36O3. The van der Waals surface area contributed by atoms with Crippen molar-refractivity contribution < 1.29 is 14.3 Å². The number of hydrogen-bond acceptors (Lipinski definition) is 3. The zero-order chi connectivity index (χ0) is 22.1. The maximum atomic E-state index is 12.9. The second-order valence-corrected chi connectivity index (χ2v) is 9.28. The molecule has 0 N–H and O–H groups in total. The Balaban J connectivity index is 1.95. The largest absolute Gasteiger partial charge is 0.485 e. The summed E-state index contributed by atoms with van der Waals surface area (Å²) in [5.74, 6) is 1.44. The first-order chi connectivity index (χ1) is 14.3. The molecule has 0 radical (unpaired) electrons. The standard InChI is InChI=1S/C27H36O3/c1-7-17(8-2)25(28)19-11-13-21-23(15-19)30-24-16-20(26(29)18(9-3)10-4)12-14-22(24)27(21,5)6/h11-18,21,23H,7-10H2,1-6H3. The zero-order valence-corrected chi connectivity index (χ0v) is 19.3. The molecule has 3 nitrogen and oxygen atoms in total. The molecule has 0 saturated heterocycles. The van der Waals surface area contributed by atoms with Crippen molar-refractivity contribution in [3.63, 3.8) is 0 Å². The lowest BCUT2D eigenvalue weighted by Gasteiger charge is -2.44. The van der Waals surface area contributed by atoms with Crippen LogP contribution >= 0.6 is 0 Å². The number of carbonyl (C=O) groups excluding carboxylic acids is 2. The van der Waals surface area contributed by atoms with Crippen molar-refractivity contribution in [1.82, 2.24) is 0 Å². The monoisotopic (exact) mass is 408 g/mol. The Kier molecular flexibility index (Phi) is 6.69. The van der Waals surface area contributed by atoms with Gasteiger partial charge in [0, 0.05) is 39.9 Å². The first kappa shape index (κ1) is 22.5. The lowest BCUT2D eigenvalue weighted by atomic mass is 9.66. The van der Waals surface area contributed by atoms with Crippen molar-refractivity contribution in [3.05, 3.63) is 53.1 Å². The van der Waals surface area contributed by atoms with E-state index >= 15 is 0 Å². The van der Waals surface area contributed by atoms with Crippen LogP contribution in [0.2, 0.25) is 0 Å². The van der Waals surface area contributed by atoms with Gasteiger partial charge in [0.25, 0.3) is 0 Å². The Morgan fingerprint density at radius 3 is 2.17 bits per heavy atom. The summed E-state index contributed by atoms with van der Waals surface area (Å²) in [6.45, 7) is 12.7. The smallest absolute Gasteiger partial charge is 0.166 e. The number of rotatable bonds is 8. The number of carbonyl (C=O) groups is 2. The molecule has 0 amide bonds. The third kappa shape index (κ3) is 3.91. The molecule has 1 heterocycles. The summed E-state index contributed by atoms with van der Waals surface area (Å²) in [6, 6.07) is 5.93. The predicted molar refractivity (Wildman–Crippen MR) is 122 cm³/mol. The molecule has 0 aromatic heterocycles. The maximum Gasteiger partial charge on any atom is 0.166 e. The van der Waals surface area contributed by atoms with Gasteiger partial charge < -0.3 is 4.74 Å². The lowest BCUT2D eigenvalue weighted by molar-refractivity contribution is -0.119. The van der Waals surface area contributed by atoms with E-state index in [9.17, 15) is 9.59 Å². The van der Waals surface area contributed by atoms with Crippen LogP contribution in [0, 0.1) is 17.8 Å². The van der Waals surface area contributed by atoms with Crippen molar-refractivity contribution in [3.8, 4) is 5.75 Å². The molecule has 2 unspecified atom stereocenters. The first-order valence-corrected chi connectivity index (χ1v) is 11.6. The van der Waals surface area contributed by atoms with E-state index in [0.717, 1.165) is 48.1 Å². The summed E-state index contributed by atoms with van der Waals surface area (Å²) < 4.78 is 6.40. The van der Waals surface area contributed by atoms with Crippen LogP contribution < -0.4 is 4.74 Å². The van der Waals surface area contributed by atoms with E-state index in [1.54, 1.807) is 0 Å². The van der Waals surface area contributed by atoms with Gasteiger partial charge in [0.2, 0.25) is 0 Å². The first-order valence-electron chi connectivity index (χ1n) is 11.6. The topological polar surface area (TPSA) is 43.4 Å². The van der Waals surface area contributed by atoms with Crippen LogP contribution in [0.25, 0.3) is 0 Å². The molecule has 0 spiro atoms. The van der Waals surface area contributed by atoms with E-state index in [0.29, 0.717) is 0 Å². The van der Waals surface area contributed by atoms with Crippen LogP contribution in [0.1, 0.15) is 83.1 Å². The van der Waals surface area contributed by atoms with Gasteiger partial charge in [-0.15, -0.1) is 0 Å². The third-order valence-electron chi connectivity index (χ3n) is 7.23. The second kappa shape index (κ2) is 8.91. The van der Waals surface area contributed by atoms with E-state index in [-0.39, 0.29) is 40.8 Å². The second-order valence-electron chi connectivity index (χ2n) is 9.28. The number of Topliss-reactive ketones (excluding diaryl/α,β-unsaturated/α-hetero) is 2. The SMILES string of the molecule is CCC(CC)C(=O)C1=CC2Oc3cc(C(=O)C(CC)CC)ccc3C(C)(C)C2C=C1. The fraction of sp³-hybridized carbons (Fsp3) is 0.556. The predicted octanol–water partition coefficient (Wildman–Crippen LogP) is 6.46. The molecule has 3 rings (SSSR count). The fourth-order valence-corrected chi connectivity index (χ4v) is 5.00. The molecule has 1 aromatic rings. The summed E-state index contributed by atoms with van der Waals surface area (Å²) in [6.07, 6.45) is 9.35. The Bertz CT molecular complexity index is 866. The van der Waals surface area contributed by atoms with Crippen molar-refractivity contribution in [2.24, 2.45) is 17.8 Å². The van der Waals surface area contributed by atoms with Crippen LogP contribution in [-0.2, 0) is 10.2 Å². The van der Waals surface area contributed by atoms with Crippen molar-refractivity contribution in [2.45, 2.75) is 78.7 Å². The Morgan fingerprint density at radius 1 is 0.967 bits per heavy atom. The highest BCUT2D eigenvalue weighted by Gasteiger charge is 2.43. The van der Waals surface area contributed by atoms with Crippen molar-refractivity contribution in [2.75, 3.05) is 0 Å². The molecule has 30 heavy (non-hydrogen) atoms. The van der Waals surface area contributed by atoms with Gasteiger partial charge in [0.15, 0.2) is 11.6 Å². The van der Waals surface area contributed by atoms with E-state index in [4.69, 9.17) is 4.74 Å². The highest BCUT2D eigenvalue weighted by molar-refractivity contribution is 6.00. The average molecular weight is 409 g/mol. The third-order valence-corrected chi connectivity index (χ3v) is 7.23. The molecule has 1 aromatic carbocycles. The minimum absolute atomic E-state index is 0.0501. The quantitative estimate of drug-likeness (QED) is 0.464. The molecule has 162 valence electrons. The summed E-state index contributed by atoms with van der Waals surface area (Å²) in [5, 5.41) is 0. The molecule has 0 fully saturated rings. The van der Waals surface area contributed by atoms with E-state index in [1.165, 1.54) is 0 Å². The van der Waals surface area contributed by atoms with E-state index in [1.807, 2.05) is 24.3 Å². The number of fused-ring (bicyclic) bond motifs is 2. The lowest BCUT2D eigenvalue weighted by Crippen LogP contribution is -2.44. The van der Waals surface area contributed by atoms with E-state index in [2.05, 4.69) is 53.7 Å². The number of ketones is 2. The molecule has 2 aliphatic rings. The highest BCUT2D eigenvalue weighted by atomic mass is 16.5. The normalized spacial score (nSPS) is 21.7. The van der Waals surface area contributed by atoms with Gasteiger partial charge in [-0.25, -0.2) is 0 Å². The Labute approximate surface area is 181 Å². The maximum absolute atomic E-state index is 12.9. The summed E-state index contributed by atoms with van der Waals surface area (Å²) in [7, 11) is 0. The molecule has 3 heteroatoms. The van der Waals surface area contributed by atoms with Crippen LogP contribution in [-0.4, -0.2) is 17.7 Å². The molecule has 0 saturated carbocycles. The minimum Gasteiger partial charge on any atom is -0.485 e. The Hall–Kier alpha value is -2.16. The van der Waals surface area contributed by atoms with Gasteiger partial charge in [-0.1, -0.05) is 65.8 Å². The van der Waals surface area contributed by atoms with E-state index < -0.39 is 0 Å². The number of hydrogen-bond donors (Lipinski definition) is 0. The van der Waals surface area contributed by atoms with Gasteiger partial charge in [-0.05, 0) is 37.8 Å². The summed E-state index contributed by atoms with van der Waals surface area (Å²) >= 11 is 0. The minimum atomic E-state index is -0.190. The van der Waals surface area contributed by atoms with Gasteiger partial charge in [-0.3, -0.25) is 9.59 Å². The number of allylic oxidation sites excluding steroid dienone is 2. The van der Waals surface area contributed by atoms with Crippen molar-refractivity contribution >= 4 is 11.6 Å². The van der Waals surface area contributed by atoms with Gasteiger partial charge in [0.1, 0.15) is 11.9 Å². The summed E-state index contributed by atoms with van der Waals surface area (Å²) in [5.41, 5.74) is 2.46. The molecular weight excluding hydrogens is 372 g/mol. The Morgan fingerprint density at radius 2 is 1.57 bits per heavy atom. The van der Waals surface area contributed by atoms with Gasteiger partial charge in [0.05, 0.1) is 0 Å². The van der Waals surface area contributed by atoms with Gasteiger partial charge in [-0.2, -0.15) is 0 Å². The van der Waals surface area contributed by atoms with Crippen LogP contribution in [0.15, 0.2) is 42.0 Å². The van der Waals surface area contributed by atoms with Crippen LogP contribution in [0.5, 0.6) is 5.75 Å². The van der Waals surface area contributed by atoms with Crippen LogP contribution in [0.3, 0.4) is 0 Å². The highest BCUT2D eigenvalue weighted by Crippen LogP contribution is 2.47. The molecule has 0 bridgehead atoms. The number of benzene rings is 1. The molecule has 2 atom stereocenters. The molecule has 1 aliphatic heterocycles.